The SMILES string of the molecule is COC(=O)C1=CC=CN(C)C(C(=O)c2ccccc2)C1C(=O)OC. The summed E-state index contributed by atoms with van der Waals surface area (Å²) in [7, 11) is 4.12. The number of likely N-dealkylation sites (N-methyl/N-ethyl adjacent to an activating group) is 1. The number of hydrogen-bond donors (Lipinski definition) is 0. The smallest absolute Gasteiger partial charge is 0.334 e. The fourth-order valence-corrected chi connectivity index (χ4v) is 2.69. The molecule has 6 nitrogen and oxygen atoms in total. The zero-order valence-corrected chi connectivity index (χ0v) is 13.8. The summed E-state index contributed by atoms with van der Waals surface area (Å²) in [6, 6.07) is 7.70. The van der Waals surface area contributed by atoms with Gasteiger partial charge in [-0.2, -0.15) is 0 Å². The van der Waals surface area contributed by atoms with Gasteiger partial charge in [-0.15, -0.1) is 0 Å². The highest BCUT2D eigenvalue weighted by molar-refractivity contribution is 6.06. The first-order valence-corrected chi connectivity index (χ1v) is 7.37. The van der Waals surface area contributed by atoms with Gasteiger partial charge in [-0.1, -0.05) is 30.3 Å². The minimum atomic E-state index is -1.09. The Morgan fingerprint density at radius 1 is 1.04 bits per heavy atom. The summed E-state index contributed by atoms with van der Waals surface area (Å²) in [4.78, 5) is 39.1. The second-order valence-electron chi connectivity index (χ2n) is 5.30. The lowest BCUT2D eigenvalue weighted by molar-refractivity contribution is -0.148. The van der Waals surface area contributed by atoms with E-state index in [0.717, 1.165) is 0 Å². The van der Waals surface area contributed by atoms with Gasteiger partial charge in [0.05, 0.1) is 19.8 Å². The Labute approximate surface area is 140 Å². The summed E-state index contributed by atoms with van der Waals surface area (Å²) < 4.78 is 9.60. The molecule has 2 atom stereocenters. The van der Waals surface area contributed by atoms with Crippen LogP contribution < -0.4 is 0 Å². The molecule has 0 spiro atoms. The summed E-state index contributed by atoms with van der Waals surface area (Å²) in [6.45, 7) is 0. The van der Waals surface area contributed by atoms with Crippen molar-refractivity contribution in [2.45, 2.75) is 6.04 Å². The van der Waals surface area contributed by atoms with Gasteiger partial charge in [-0.05, 0) is 18.4 Å². The lowest BCUT2D eigenvalue weighted by atomic mass is 9.85. The predicted molar refractivity (Wildman–Crippen MR) is 87.1 cm³/mol. The van der Waals surface area contributed by atoms with Crippen LogP contribution in [0.2, 0.25) is 0 Å². The largest absolute Gasteiger partial charge is 0.468 e. The molecule has 6 heteroatoms. The van der Waals surface area contributed by atoms with Gasteiger partial charge < -0.3 is 14.4 Å². The molecule has 0 N–H and O–H groups in total. The molecule has 1 aliphatic rings. The third-order valence-electron chi connectivity index (χ3n) is 3.89. The number of ketones is 1. The maximum Gasteiger partial charge on any atom is 0.334 e. The van der Waals surface area contributed by atoms with E-state index in [-0.39, 0.29) is 11.4 Å². The second-order valence-corrected chi connectivity index (χ2v) is 5.30. The minimum Gasteiger partial charge on any atom is -0.468 e. The van der Waals surface area contributed by atoms with E-state index in [1.54, 1.807) is 54.6 Å². The molecule has 0 amide bonds. The molecular formula is C18H19NO5. The molecule has 24 heavy (non-hydrogen) atoms. The van der Waals surface area contributed by atoms with Crippen LogP contribution in [0.25, 0.3) is 0 Å². The van der Waals surface area contributed by atoms with E-state index in [0.29, 0.717) is 5.56 Å². The highest BCUT2D eigenvalue weighted by atomic mass is 16.5. The van der Waals surface area contributed by atoms with Crippen molar-refractivity contribution in [1.82, 2.24) is 4.90 Å². The Hall–Kier alpha value is -2.89. The van der Waals surface area contributed by atoms with E-state index in [1.165, 1.54) is 20.3 Å². The van der Waals surface area contributed by atoms with Crippen LogP contribution in [0.3, 0.4) is 0 Å². The maximum absolute atomic E-state index is 13.0. The Balaban J connectivity index is 2.53. The summed E-state index contributed by atoms with van der Waals surface area (Å²) in [5.74, 6) is -2.71. The molecule has 2 unspecified atom stereocenters. The van der Waals surface area contributed by atoms with E-state index >= 15 is 0 Å². The highest BCUT2D eigenvalue weighted by Crippen LogP contribution is 2.27. The predicted octanol–water partition coefficient (Wildman–Crippen LogP) is 1.59. The number of methoxy groups -OCH3 is 2. The standard InChI is InChI=1S/C18H19NO5/c1-19-11-7-10-13(17(21)23-2)14(18(22)24-3)15(19)16(20)12-8-5-4-6-9-12/h4-11,14-15H,1-3H3. The normalized spacial score (nSPS) is 20.0. The number of carbonyl (C=O) groups excluding carboxylic acids is 3. The summed E-state index contributed by atoms with van der Waals surface area (Å²) in [6.07, 6.45) is 4.71. The number of nitrogens with zero attached hydrogens (tertiary/aromatic N) is 1. The van der Waals surface area contributed by atoms with Crippen molar-refractivity contribution in [2.24, 2.45) is 5.92 Å². The van der Waals surface area contributed by atoms with Gasteiger partial charge >= 0.3 is 11.9 Å². The van der Waals surface area contributed by atoms with Crippen LogP contribution in [0.1, 0.15) is 10.4 Å². The Kier molecular flexibility index (Phi) is 5.52. The van der Waals surface area contributed by atoms with E-state index in [9.17, 15) is 14.4 Å². The number of ether oxygens (including phenoxy) is 2. The van der Waals surface area contributed by atoms with Crippen LogP contribution in [0.15, 0.2) is 54.3 Å². The summed E-state index contributed by atoms with van der Waals surface area (Å²) in [5, 5.41) is 0. The van der Waals surface area contributed by atoms with E-state index < -0.39 is 23.9 Å². The average molecular weight is 329 g/mol. The molecule has 1 aromatic rings. The number of hydrogen-bond acceptors (Lipinski definition) is 6. The van der Waals surface area contributed by atoms with Crippen LogP contribution >= 0.6 is 0 Å². The Bertz CT molecular complexity index is 693. The van der Waals surface area contributed by atoms with Crippen molar-refractivity contribution in [3.05, 3.63) is 59.8 Å². The van der Waals surface area contributed by atoms with Gasteiger partial charge in [0.25, 0.3) is 0 Å². The molecule has 1 aliphatic heterocycles. The molecule has 0 bridgehead atoms. The summed E-state index contributed by atoms with van der Waals surface area (Å²) in [5.41, 5.74) is 0.530. The first-order chi connectivity index (χ1) is 11.5. The molecule has 1 heterocycles. The number of Topliss-reactive ketones (excluding diaryl/α,β-unsaturated/α-hetero) is 1. The fourth-order valence-electron chi connectivity index (χ4n) is 2.69. The molecular weight excluding hydrogens is 310 g/mol. The quantitative estimate of drug-likeness (QED) is 0.617. The number of esters is 2. The van der Waals surface area contributed by atoms with Gasteiger partial charge in [0, 0.05) is 12.6 Å². The molecule has 1 aromatic carbocycles. The van der Waals surface area contributed by atoms with Crippen LogP contribution in [0, 0.1) is 5.92 Å². The topological polar surface area (TPSA) is 72.9 Å². The highest BCUT2D eigenvalue weighted by Gasteiger charge is 2.42. The lowest BCUT2D eigenvalue weighted by Gasteiger charge is -2.30. The summed E-state index contributed by atoms with van der Waals surface area (Å²) >= 11 is 0. The maximum atomic E-state index is 13.0. The van der Waals surface area contributed by atoms with Crippen LogP contribution in [-0.2, 0) is 19.1 Å². The number of carbonyl (C=O) groups is 3. The molecule has 0 saturated heterocycles. The second kappa shape index (κ2) is 7.59. The van der Waals surface area contributed by atoms with Crippen molar-refractivity contribution in [3.8, 4) is 0 Å². The third-order valence-corrected chi connectivity index (χ3v) is 3.89. The van der Waals surface area contributed by atoms with Crippen molar-refractivity contribution in [2.75, 3.05) is 21.3 Å². The van der Waals surface area contributed by atoms with Gasteiger partial charge in [0.15, 0.2) is 5.78 Å². The van der Waals surface area contributed by atoms with Crippen molar-refractivity contribution >= 4 is 17.7 Å². The van der Waals surface area contributed by atoms with Gasteiger partial charge in [-0.3, -0.25) is 9.59 Å². The van der Waals surface area contributed by atoms with E-state index in [2.05, 4.69) is 0 Å². The van der Waals surface area contributed by atoms with E-state index in [1.807, 2.05) is 0 Å². The Morgan fingerprint density at radius 2 is 1.71 bits per heavy atom. The van der Waals surface area contributed by atoms with Crippen LogP contribution in [0.5, 0.6) is 0 Å². The molecule has 0 saturated carbocycles. The third kappa shape index (κ3) is 3.37. The zero-order chi connectivity index (χ0) is 17.7. The molecule has 0 aromatic heterocycles. The molecule has 2 rings (SSSR count). The van der Waals surface area contributed by atoms with Gasteiger partial charge in [-0.25, -0.2) is 4.79 Å². The van der Waals surface area contributed by atoms with Gasteiger partial charge in [0.2, 0.25) is 0 Å². The van der Waals surface area contributed by atoms with Gasteiger partial charge in [0.1, 0.15) is 12.0 Å². The minimum absolute atomic E-state index is 0.0826. The number of rotatable bonds is 4. The Morgan fingerprint density at radius 3 is 2.29 bits per heavy atom. The monoisotopic (exact) mass is 329 g/mol. The van der Waals surface area contributed by atoms with Crippen molar-refractivity contribution in [1.29, 1.82) is 0 Å². The zero-order valence-electron chi connectivity index (χ0n) is 13.8. The van der Waals surface area contributed by atoms with Crippen molar-refractivity contribution in [3.63, 3.8) is 0 Å². The fraction of sp³-hybridized carbons (Fsp3) is 0.278. The first-order valence-electron chi connectivity index (χ1n) is 7.37. The number of benzene rings is 1. The number of allylic oxidation sites excluding steroid dienone is 2. The van der Waals surface area contributed by atoms with E-state index in [4.69, 9.17) is 9.47 Å². The van der Waals surface area contributed by atoms with Crippen LogP contribution in [-0.4, -0.2) is 49.9 Å². The molecule has 126 valence electrons. The molecule has 0 radical (unpaired) electrons. The van der Waals surface area contributed by atoms with Crippen LogP contribution in [0.4, 0.5) is 0 Å². The van der Waals surface area contributed by atoms with Crippen molar-refractivity contribution < 1.29 is 23.9 Å². The average Bonchev–Trinajstić information content (AvgIpc) is 2.79. The lowest BCUT2D eigenvalue weighted by Crippen LogP contribution is -2.46. The molecule has 0 fully saturated rings. The molecule has 0 aliphatic carbocycles. The first kappa shape index (κ1) is 17.5.